The van der Waals surface area contributed by atoms with Crippen LogP contribution < -0.4 is 0 Å². The van der Waals surface area contributed by atoms with Crippen molar-refractivity contribution in [1.29, 1.82) is 0 Å². The van der Waals surface area contributed by atoms with E-state index >= 15 is 0 Å². The second-order valence-electron chi connectivity index (χ2n) is 4.43. The fourth-order valence-corrected chi connectivity index (χ4v) is 2.47. The van der Waals surface area contributed by atoms with Crippen molar-refractivity contribution >= 4 is 0 Å². The van der Waals surface area contributed by atoms with Gasteiger partial charge in [-0.15, -0.1) is 0 Å². The average Bonchev–Trinajstić information content (AvgIpc) is 2.06. The van der Waals surface area contributed by atoms with Crippen molar-refractivity contribution in [2.24, 2.45) is 17.8 Å². The van der Waals surface area contributed by atoms with E-state index in [1.165, 1.54) is 19.3 Å². The lowest BCUT2D eigenvalue weighted by molar-refractivity contribution is 0.00878. The molecule has 0 aromatic heterocycles. The Kier molecular flexibility index (Phi) is 3.57. The van der Waals surface area contributed by atoms with Crippen molar-refractivity contribution in [1.82, 2.24) is 0 Å². The molecule has 1 fully saturated rings. The minimum Gasteiger partial charge on any atom is -0.393 e. The summed E-state index contributed by atoms with van der Waals surface area (Å²) >= 11 is 0. The predicted molar refractivity (Wildman–Crippen MR) is 52.0 cm³/mol. The Bertz CT molecular complexity index is 133. The molecule has 0 aromatic rings. The summed E-state index contributed by atoms with van der Waals surface area (Å²) < 4.78 is 0. The van der Waals surface area contributed by atoms with Gasteiger partial charge in [-0.05, 0) is 37.0 Å². The highest BCUT2D eigenvalue weighted by Crippen LogP contribution is 2.36. The Balaban J connectivity index is 2.52. The summed E-state index contributed by atoms with van der Waals surface area (Å²) in [4.78, 5) is 0. The second-order valence-corrected chi connectivity index (χ2v) is 4.43. The van der Waals surface area contributed by atoms with Crippen molar-refractivity contribution in [2.45, 2.75) is 52.6 Å². The van der Waals surface area contributed by atoms with Crippen molar-refractivity contribution in [3.8, 4) is 0 Å². The Hall–Kier alpha value is -0.0400. The Morgan fingerprint density at radius 2 is 1.92 bits per heavy atom. The molecule has 0 amide bonds. The first kappa shape index (κ1) is 10.0. The smallest absolute Gasteiger partial charge is 0.0571 e. The lowest BCUT2D eigenvalue weighted by atomic mass is 9.70. The van der Waals surface area contributed by atoms with Gasteiger partial charge in [0, 0.05) is 0 Å². The molecule has 0 bridgehead atoms. The molecule has 0 saturated heterocycles. The van der Waals surface area contributed by atoms with Gasteiger partial charge in [0.1, 0.15) is 0 Å². The van der Waals surface area contributed by atoms with Gasteiger partial charge in [0.2, 0.25) is 0 Å². The van der Waals surface area contributed by atoms with Crippen LogP contribution in [0.2, 0.25) is 0 Å². The summed E-state index contributed by atoms with van der Waals surface area (Å²) in [5.74, 6) is 2.09. The minimum absolute atomic E-state index is 0.0175. The third kappa shape index (κ3) is 2.01. The summed E-state index contributed by atoms with van der Waals surface area (Å²) in [6.45, 7) is 6.82. The molecule has 1 nitrogen and oxygen atoms in total. The molecule has 1 saturated carbocycles. The van der Waals surface area contributed by atoms with E-state index in [9.17, 15) is 5.11 Å². The highest BCUT2D eigenvalue weighted by Gasteiger charge is 2.32. The van der Waals surface area contributed by atoms with Crippen LogP contribution in [0.3, 0.4) is 0 Å². The van der Waals surface area contributed by atoms with E-state index in [1.807, 2.05) is 0 Å². The third-order valence-corrected chi connectivity index (χ3v) is 3.61. The van der Waals surface area contributed by atoms with E-state index in [-0.39, 0.29) is 6.10 Å². The highest BCUT2D eigenvalue weighted by atomic mass is 16.3. The SMILES string of the molecule is CCCC1C(O)CCC(C)C1C. The molecule has 0 radical (unpaired) electrons. The minimum atomic E-state index is -0.0175. The fourth-order valence-electron chi connectivity index (χ4n) is 2.47. The first-order chi connectivity index (χ1) is 5.66. The number of hydrogen-bond donors (Lipinski definition) is 1. The number of aliphatic hydroxyl groups is 1. The maximum Gasteiger partial charge on any atom is 0.0571 e. The summed E-state index contributed by atoms with van der Waals surface area (Å²) in [6.07, 6.45) is 4.63. The van der Waals surface area contributed by atoms with Gasteiger partial charge in [0.05, 0.1) is 6.10 Å². The van der Waals surface area contributed by atoms with Gasteiger partial charge in [-0.2, -0.15) is 0 Å². The van der Waals surface area contributed by atoms with Crippen LogP contribution in [0.5, 0.6) is 0 Å². The van der Waals surface area contributed by atoms with E-state index < -0.39 is 0 Å². The molecule has 1 aliphatic rings. The largest absolute Gasteiger partial charge is 0.393 e. The molecule has 1 aliphatic carbocycles. The van der Waals surface area contributed by atoms with Crippen molar-refractivity contribution in [3.63, 3.8) is 0 Å². The van der Waals surface area contributed by atoms with Gasteiger partial charge in [-0.1, -0.05) is 27.2 Å². The topological polar surface area (TPSA) is 20.2 Å². The molecule has 4 unspecified atom stereocenters. The van der Waals surface area contributed by atoms with E-state index in [0.29, 0.717) is 11.8 Å². The van der Waals surface area contributed by atoms with Crippen LogP contribution in [-0.4, -0.2) is 11.2 Å². The summed E-state index contributed by atoms with van der Waals surface area (Å²) in [7, 11) is 0. The van der Waals surface area contributed by atoms with Crippen LogP contribution in [0, 0.1) is 17.8 Å². The Morgan fingerprint density at radius 1 is 1.25 bits per heavy atom. The molecule has 1 rings (SSSR count). The predicted octanol–water partition coefficient (Wildman–Crippen LogP) is 2.83. The number of hydrogen-bond acceptors (Lipinski definition) is 1. The third-order valence-electron chi connectivity index (χ3n) is 3.61. The highest BCUT2D eigenvalue weighted by molar-refractivity contribution is 4.82. The zero-order valence-corrected chi connectivity index (χ0v) is 8.59. The zero-order chi connectivity index (χ0) is 9.14. The molecule has 0 heterocycles. The van der Waals surface area contributed by atoms with E-state index in [4.69, 9.17) is 0 Å². The first-order valence-corrected chi connectivity index (χ1v) is 5.34. The normalized spacial score (nSPS) is 43.0. The van der Waals surface area contributed by atoms with Gasteiger partial charge < -0.3 is 5.11 Å². The fraction of sp³-hybridized carbons (Fsp3) is 1.00. The van der Waals surface area contributed by atoms with Crippen molar-refractivity contribution in [3.05, 3.63) is 0 Å². The van der Waals surface area contributed by atoms with Gasteiger partial charge in [-0.25, -0.2) is 0 Å². The van der Waals surface area contributed by atoms with Crippen LogP contribution in [0.15, 0.2) is 0 Å². The molecular formula is C11H22O. The molecule has 12 heavy (non-hydrogen) atoms. The summed E-state index contributed by atoms with van der Waals surface area (Å²) in [5.41, 5.74) is 0. The van der Waals surface area contributed by atoms with Crippen LogP contribution in [0.1, 0.15) is 46.5 Å². The summed E-state index contributed by atoms with van der Waals surface area (Å²) in [5, 5.41) is 9.79. The van der Waals surface area contributed by atoms with Gasteiger partial charge >= 0.3 is 0 Å². The second kappa shape index (κ2) is 4.27. The molecule has 0 spiro atoms. The van der Waals surface area contributed by atoms with Crippen LogP contribution >= 0.6 is 0 Å². The van der Waals surface area contributed by atoms with Crippen molar-refractivity contribution in [2.75, 3.05) is 0 Å². The lowest BCUT2D eigenvalue weighted by Gasteiger charge is -2.37. The molecule has 72 valence electrons. The van der Waals surface area contributed by atoms with Gasteiger partial charge in [0.25, 0.3) is 0 Å². The number of aliphatic hydroxyl groups excluding tert-OH is 1. The molecule has 0 aliphatic heterocycles. The molecule has 4 atom stereocenters. The van der Waals surface area contributed by atoms with E-state index in [1.54, 1.807) is 0 Å². The molecular weight excluding hydrogens is 148 g/mol. The monoisotopic (exact) mass is 170 g/mol. The zero-order valence-electron chi connectivity index (χ0n) is 8.59. The molecule has 0 aromatic carbocycles. The first-order valence-electron chi connectivity index (χ1n) is 5.34. The average molecular weight is 170 g/mol. The summed E-state index contributed by atoms with van der Waals surface area (Å²) in [6, 6.07) is 0. The molecule has 1 heteroatoms. The maximum atomic E-state index is 9.79. The van der Waals surface area contributed by atoms with Gasteiger partial charge in [0.15, 0.2) is 0 Å². The van der Waals surface area contributed by atoms with E-state index in [0.717, 1.165) is 12.3 Å². The van der Waals surface area contributed by atoms with E-state index in [2.05, 4.69) is 20.8 Å². The Morgan fingerprint density at radius 3 is 2.50 bits per heavy atom. The Labute approximate surface area is 76.2 Å². The van der Waals surface area contributed by atoms with Crippen LogP contribution in [0.4, 0.5) is 0 Å². The standard InChI is InChI=1S/C11H22O/c1-4-5-10-9(3)8(2)6-7-11(10)12/h8-12H,4-7H2,1-3H3. The maximum absolute atomic E-state index is 9.79. The molecule has 1 N–H and O–H groups in total. The lowest BCUT2D eigenvalue weighted by Crippen LogP contribution is -2.35. The van der Waals surface area contributed by atoms with Gasteiger partial charge in [-0.3, -0.25) is 0 Å². The number of rotatable bonds is 2. The van der Waals surface area contributed by atoms with Crippen LogP contribution in [-0.2, 0) is 0 Å². The quantitative estimate of drug-likeness (QED) is 0.675. The van der Waals surface area contributed by atoms with Crippen LogP contribution in [0.25, 0.3) is 0 Å². The van der Waals surface area contributed by atoms with Crippen molar-refractivity contribution < 1.29 is 5.11 Å².